The van der Waals surface area contributed by atoms with Gasteiger partial charge in [-0.25, -0.2) is 5.10 Å². The first-order chi connectivity index (χ1) is 6.86. The number of hydrogen-bond donors (Lipinski definition) is 2. The number of nitrogens with one attached hydrogen (secondary N) is 2. The second kappa shape index (κ2) is 4.19. The summed E-state index contributed by atoms with van der Waals surface area (Å²) < 4.78 is 5.00. The lowest BCUT2D eigenvalue weighted by molar-refractivity contribution is -0.140. The number of ether oxygens (including phenoxy) is 1. The number of rotatable bonds is 2. The van der Waals surface area contributed by atoms with Crippen molar-refractivity contribution in [3.8, 4) is 6.01 Å². The lowest BCUT2D eigenvalue weighted by atomic mass is 9.99. The lowest BCUT2D eigenvalue weighted by Gasteiger charge is -2.19. The summed E-state index contributed by atoms with van der Waals surface area (Å²) in [7, 11) is 0. The molecule has 1 aliphatic rings. The van der Waals surface area contributed by atoms with E-state index in [9.17, 15) is 4.79 Å². The van der Waals surface area contributed by atoms with Crippen LogP contribution in [0.15, 0.2) is 6.33 Å². The minimum Gasteiger partial charge on any atom is -0.391 e. The van der Waals surface area contributed by atoms with E-state index in [-0.39, 0.29) is 17.9 Å². The number of hydrogen-bond acceptors (Lipinski definition) is 5. The summed E-state index contributed by atoms with van der Waals surface area (Å²) in [6.07, 6.45) is 2.96. The highest BCUT2D eigenvalue weighted by atomic mass is 16.5. The maximum Gasteiger partial charge on any atom is 0.319 e. The van der Waals surface area contributed by atoms with Crippen molar-refractivity contribution in [3.05, 3.63) is 6.33 Å². The minimum atomic E-state index is -0.219. The molecule has 0 amide bonds. The molecule has 0 spiro atoms. The Bertz CT molecular complexity index is 292. The van der Waals surface area contributed by atoms with E-state index in [1.54, 1.807) is 0 Å². The van der Waals surface area contributed by atoms with Gasteiger partial charge in [0.25, 0.3) is 0 Å². The van der Waals surface area contributed by atoms with Gasteiger partial charge in [-0.2, -0.15) is 10.1 Å². The van der Waals surface area contributed by atoms with Gasteiger partial charge in [0.15, 0.2) is 0 Å². The van der Waals surface area contributed by atoms with Gasteiger partial charge in [-0.3, -0.25) is 4.79 Å². The highest BCUT2D eigenvalue weighted by molar-refractivity contribution is 5.74. The highest BCUT2D eigenvalue weighted by Gasteiger charge is 2.23. The molecular formula is C8H12N4O2. The fourth-order valence-electron chi connectivity index (χ4n) is 1.48. The fourth-order valence-corrected chi connectivity index (χ4v) is 1.48. The lowest BCUT2D eigenvalue weighted by Crippen LogP contribution is -2.33. The molecule has 1 fully saturated rings. The summed E-state index contributed by atoms with van der Waals surface area (Å²) in [6, 6.07) is 0.175. The molecule has 76 valence electrons. The molecule has 2 N–H and O–H groups in total. The van der Waals surface area contributed by atoms with Crippen LogP contribution in [0.2, 0.25) is 0 Å². The second-order valence-electron chi connectivity index (χ2n) is 3.24. The molecule has 1 aliphatic heterocycles. The molecule has 6 heteroatoms. The van der Waals surface area contributed by atoms with Crippen LogP contribution < -0.4 is 10.1 Å². The first-order valence-electron chi connectivity index (χ1n) is 4.64. The smallest absolute Gasteiger partial charge is 0.319 e. The molecule has 1 aromatic heterocycles. The van der Waals surface area contributed by atoms with E-state index in [0.717, 1.165) is 25.9 Å². The molecule has 0 aliphatic carbocycles. The summed E-state index contributed by atoms with van der Waals surface area (Å²) >= 11 is 0. The molecule has 1 saturated heterocycles. The molecule has 14 heavy (non-hydrogen) atoms. The first kappa shape index (κ1) is 9.14. The Hall–Kier alpha value is -1.43. The molecule has 0 aromatic carbocycles. The van der Waals surface area contributed by atoms with Crippen LogP contribution in [0.25, 0.3) is 0 Å². The SMILES string of the molecule is O=C(Oc1ncn[nH]1)C1CCNCC1. The predicted molar refractivity (Wildman–Crippen MR) is 47.6 cm³/mol. The number of H-pyrrole nitrogens is 1. The molecule has 0 unspecified atom stereocenters. The summed E-state index contributed by atoms with van der Waals surface area (Å²) in [6.45, 7) is 1.74. The minimum absolute atomic E-state index is 0.0126. The van der Waals surface area contributed by atoms with Gasteiger partial charge in [-0.05, 0) is 25.9 Å². The van der Waals surface area contributed by atoms with Gasteiger partial charge in [0, 0.05) is 0 Å². The number of carbonyl (C=O) groups is 1. The fraction of sp³-hybridized carbons (Fsp3) is 0.625. The van der Waals surface area contributed by atoms with Crippen LogP contribution in [-0.2, 0) is 4.79 Å². The van der Waals surface area contributed by atoms with Gasteiger partial charge in [-0.1, -0.05) is 0 Å². The van der Waals surface area contributed by atoms with Crippen LogP contribution in [0.4, 0.5) is 0 Å². The van der Waals surface area contributed by atoms with Crippen molar-refractivity contribution in [2.75, 3.05) is 13.1 Å². The van der Waals surface area contributed by atoms with Crippen molar-refractivity contribution in [1.29, 1.82) is 0 Å². The van der Waals surface area contributed by atoms with Crippen molar-refractivity contribution < 1.29 is 9.53 Å². The Morgan fingerprint density at radius 2 is 2.29 bits per heavy atom. The maximum absolute atomic E-state index is 11.5. The molecule has 0 atom stereocenters. The second-order valence-corrected chi connectivity index (χ2v) is 3.24. The van der Waals surface area contributed by atoms with Gasteiger partial charge in [-0.15, -0.1) is 0 Å². The van der Waals surface area contributed by atoms with E-state index >= 15 is 0 Å². The Kier molecular flexibility index (Phi) is 2.73. The van der Waals surface area contributed by atoms with Crippen LogP contribution >= 0.6 is 0 Å². The van der Waals surface area contributed by atoms with Crippen molar-refractivity contribution in [1.82, 2.24) is 20.5 Å². The van der Waals surface area contributed by atoms with E-state index in [1.807, 2.05) is 0 Å². The van der Waals surface area contributed by atoms with Crippen LogP contribution in [0.1, 0.15) is 12.8 Å². The molecule has 6 nitrogen and oxygen atoms in total. The Morgan fingerprint density at radius 1 is 1.50 bits per heavy atom. The standard InChI is InChI=1S/C8H12N4O2/c13-7(6-1-3-9-4-2-6)14-8-10-5-11-12-8/h5-6,9H,1-4H2,(H,10,11,12). The summed E-state index contributed by atoms with van der Waals surface area (Å²) in [4.78, 5) is 15.3. The first-order valence-corrected chi connectivity index (χ1v) is 4.64. The molecule has 1 aromatic rings. The van der Waals surface area contributed by atoms with E-state index in [4.69, 9.17) is 4.74 Å². The number of aromatic amines is 1. The molecule has 2 heterocycles. The molecule has 0 saturated carbocycles. The number of piperidine rings is 1. The summed E-state index contributed by atoms with van der Waals surface area (Å²) in [5.74, 6) is -0.232. The van der Waals surface area contributed by atoms with Crippen molar-refractivity contribution in [2.45, 2.75) is 12.8 Å². The Morgan fingerprint density at radius 3 is 2.93 bits per heavy atom. The zero-order chi connectivity index (χ0) is 9.80. The van der Waals surface area contributed by atoms with Gasteiger partial charge in [0.05, 0.1) is 5.92 Å². The monoisotopic (exact) mass is 196 g/mol. The van der Waals surface area contributed by atoms with E-state index in [2.05, 4.69) is 20.5 Å². The molecule has 0 bridgehead atoms. The number of carbonyl (C=O) groups excluding carboxylic acids is 1. The third-order valence-corrected chi connectivity index (χ3v) is 2.26. The quantitative estimate of drug-likeness (QED) is 0.635. The van der Waals surface area contributed by atoms with Crippen LogP contribution in [0.3, 0.4) is 0 Å². The van der Waals surface area contributed by atoms with Gasteiger partial charge in [0.1, 0.15) is 6.33 Å². The van der Waals surface area contributed by atoms with E-state index in [1.165, 1.54) is 6.33 Å². The van der Waals surface area contributed by atoms with Crippen LogP contribution in [0.5, 0.6) is 6.01 Å². The zero-order valence-corrected chi connectivity index (χ0v) is 7.69. The molecule has 2 rings (SSSR count). The summed E-state index contributed by atoms with van der Waals surface area (Å²) in [5, 5.41) is 9.27. The number of aromatic nitrogens is 3. The van der Waals surface area contributed by atoms with E-state index in [0.29, 0.717) is 0 Å². The summed E-state index contributed by atoms with van der Waals surface area (Å²) in [5.41, 5.74) is 0. The van der Waals surface area contributed by atoms with Gasteiger partial charge < -0.3 is 10.1 Å². The topological polar surface area (TPSA) is 79.9 Å². The average molecular weight is 196 g/mol. The normalized spacial score (nSPS) is 18.0. The van der Waals surface area contributed by atoms with Crippen molar-refractivity contribution in [2.24, 2.45) is 5.92 Å². The third kappa shape index (κ3) is 2.08. The predicted octanol–water partition coefficient (Wildman–Crippen LogP) is -0.290. The van der Waals surface area contributed by atoms with Crippen LogP contribution in [-0.4, -0.2) is 34.2 Å². The zero-order valence-electron chi connectivity index (χ0n) is 7.69. The number of nitrogens with zero attached hydrogens (tertiary/aromatic N) is 2. The molecular weight excluding hydrogens is 184 g/mol. The Balaban J connectivity index is 1.88. The highest BCUT2D eigenvalue weighted by Crippen LogP contribution is 2.14. The van der Waals surface area contributed by atoms with E-state index < -0.39 is 0 Å². The van der Waals surface area contributed by atoms with Crippen LogP contribution in [0, 0.1) is 5.92 Å². The Labute approximate surface area is 81.1 Å². The van der Waals surface area contributed by atoms with Crippen molar-refractivity contribution in [3.63, 3.8) is 0 Å². The van der Waals surface area contributed by atoms with Gasteiger partial charge >= 0.3 is 12.0 Å². The average Bonchev–Trinajstić information content (AvgIpc) is 2.72. The number of esters is 1. The van der Waals surface area contributed by atoms with Gasteiger partial charge in [0.2, 0.25) is 0 Å². The molecule has 0 radical (unpaired) electrons. The third-order valence-electron chi connectivity index (χ3n) is 2.26. The maximum atomic E-state index is 11.5. The largest absolute Gasteiger partial charge is 0.391 e. The van der Waals surface area contributed by atoms with Crippen molar-refractivity contribution >= 4 is 5.97 Å².